The minimum atomic E-state index is -0.939. The standard InChI is InChI=1S/C16H23NO5/c1-5-16(6-2,10-14(18)19)17-15(20)12-8-7-11(21-3)9-13(12)22-4/h7-9H,5-6,10H2,1-4H3,(H,17,20)(H,18,19). The average molecular weight is 309 g/mol. The van der Waals surface area contributed by atoms with E-state index in [9.17, 15) is 9.59 Å². The summed E-state index contributed by atoms with van der Waals surface area (Å²) in [5.74, 6) is -0.334. The Hall–Kier alpha value is -2.24. The molecule has 0 radical (unpaired) electrons. The number of benzene rings is 1. The van der Waals surface area contributed by atoms with E-state index in [2.05, 4.69) is 5.32 Å². The Bertz CT molecular complexity index is 537. The first-order valence-corrected chi connectivity index (χ1v) is 7.17. The lowest BCUT2D eigenvalue weighted by atomic mass is 9.88. The molecule has 0 aliphatic rings. The molecule has 0 aliphatic carbocycles. The summed E-state index contributed by atoms with van der Waals surface area (Å²) in [5, 5.41) is 11.9. The van der Waals surface area contributed by atoms with Crippen LogP contribution in [0.1, 0.15) is 43.5 Å². The van der Waals surface area contributed by atoms with E-state index >= 15 is 0 Å². The van der Waals surface area contributed by atoms with E-state index in [0.717, 1.165) is 0 Å². The summed E-state index contributed by atoms with van der Waals surface area (Å²) < 4.78 is 10.3. The van der Waals surface area contributed by atoms with Gasteiger partial charge < -0.3 is 19.9 Å². The van der Waals surface area contributed by atoms with Crippen LogP contribution in [0.3, 0.4) is 0 Å². The van der Waals surface area contributed by atoms with Gasteiger partial charge in [0.2, 0.25) is 0 Å². The number of carbonyl (C=O) groups is 2. The van der Waals surface area contributed by atoms with Crippen LogP contribution in [0.4, 0.5) is 0 Å². The van der Waals surface area contributed by atoms with E-state index in [-0.39, 0.29) is 12.3 Å². The lowest BCUT2D eigenvalue weighted by Gasteiger charge is -2.31. The maximum absolute atomic E-state index is 12.5. The monoisotopic (exact) mass is 309 g/mol. The Balaban J connectivity index is 3.06. The van der Waals surface area contributed by atoms with Crippen molar-refractivity contribution in [1.82, 2.24) is 5.32 Å². The van der Waals surface area contributed by atoms with Gasteiger partial charge in [0.1, 0.15) is 11.5 Å². The molecular formula is C16H23NO5. The van der Waals surface area contributed by atoms with Crippen molar-refractivity contribution in [2.75, 3.05) is 14.2 Å². The lowest BCUT2D eigenvalue weighted by molar-refractivity contribution is -0.138. The number of carboxylic acids is 1. The molecule has 0 spiro atoms. The molecule has 0 saturated heterocycles. The fraction of sp³-hybridized carbons (Fsp3) is 0.500. The smallest absolute Gasteiger partial charge is 0.305 e. The van der Waals surface area contributed by atoms with Crippen molar-refractivity contribution in [3.8, 4) is 11.5 Å². The maximum atomic E-state index is 12.5. The molecule has 0 aliphatic heterocycles. The third kappa shape index (κ3) is 4.13. The Morgan fingerprint density at radius 1 is 1.18 bits per heavy atom. The molecule has 22 heavy (non-hydrogen) atoms. The highest BCUT2D eigenvalue weighted by Gasteiger charge is 2.32. The zero-order valence-electron chi connectivity index (χ0n) is 13.4. The number of hydrogen-bond donors (Lipinski definition) is 2. The molecule has 1 rings (SSSR count). The van der Waals surface area contributed by atoms with Crippen molar-refractivity contribution >= 4 is 11.9 Å². The average Bonchev–Trinajstić information content (AvgIpc) is 2.52. The second kappa shape index (κ2) is 7.68. The fourth-order valence-corrected chi connectivity index (χ4v) is 2.30. The van der Waals surface area contributed by atoms with Gasteiger partial charge in [-0.3, -0.25) is 9.59 Å². The van der Waals surface area contributed by atoms with Crippen LogP contribution >= 0.6 is 0 Å². The largest absolute Gasteiger partial charge is 0.497 e. The highest BCUT2D eigenvalue weighted by Crippen LogP contribution is 2.26. The molecular weight excluding hydrogens is 286 g/mol. The Morgan fingerprint density at radius 3 is 2.27 bits per heavy atom. The molecule has 6 nitrogen and oxygen atoms in total. The van der Waals surface area contributed by atoms with Crippen LogP contribution in [0.25, 0.3) is 0 Å². The van der Waals surface area contributed by atoms with E-state index in [1.807, 2.05) is 13.8 Å². The minimum Gasteiger partial charge on any atom is -0.497 e. The third-order valence-corrected chi connectivity index (χ3v) is 3.88. The fourth-order valence-electron chi connectivity index (χ4n) is 2.30. The number of carboxylic acid groups (broad SMARTS) is 1. The number of methoxy groups -OCH3 is 2. The van der Waals surface area contributed by atoms with E-state index in [1.165, 1.54) is 14.2 Å². The maximum Gasteiger partial charge on any atom is 0.305 e. The van der Waals surface area contributed by atoms with Crippen molar-refractivity contribution in [2.45, 2.75) is 38.6 Å². The first kappa shape index (κ1) is 17.8. The van der Waals surface area contributed by atoms with Crippen LogP contribution in [0.15, 0.2) is 18.2 Å². The second-order valence-electron chi connectivity index (χ2n) is 5.08. The number of rotatable bonds is 8. The Kier molecular flexibility index (Phi) is 6.22. The van der Waals surface area contributed by atoms with E-state index in [4.69, 9.17) is 14.6 Å². The molecule has 1 aromatic rings. The van der Waals surface area contributed by atoms with Gasteiger partial charge in [0, 0.05) is 6.07 Å². The summed E-state index contributed by atoms with van der Waals surface area (Å²) in [6.07, 6.45) is 0.935. The summed E-state index contributed by atoms with van der Waals surface area (Å²) in [7, 11) is 3.00. The molecule has 0 atom stereocenters. The molecule has 0 heterocycles. The van der Waals surface area contributed by atoms with Gasteiger partial charge in [0.25, 0.3) is 5.91 Å². The molecule has 122 valence electrons. The number of nitrogens with one attached hydrogen (secondary N) is 1. The summed E-state index contributed by atoms with van der Waals surface area (Å²) in [6.45, 7) is 3.72. The van der Waals surface area contributed by atoms with Gasteiger partial charge in [-0.15, -0.1) is 0 Å². The quantitative estimate of drug-likeness (QED) is 0.770. The van der Waals surface area contributed by atoms with Gasteiger partial charge in [0.05, 0.1) is 31.7 Å². The summed E-state index contributed by atoms with van der Waals surface area (Å²) in [6, 6.07) is 4.88. The first-order valence-electron chi connectivity index (χ1n) is 7.17. The van der Waals surface area contributed by atoms with Crippen molar-refractivity contribution < 1.29 is 24.2 Å². The van der Waals surface area contributed by atoms with Crippen molar-refractivity contribution in [2.24, 2.45) is 0 Å². The van der Waals surface area contributed by atoms with Crippen LogP contribution in [-0.2, 0) is 4.79 Å². The van der Waals surface area contributed by atoms with Gasteiger partial charge in [-0.1, -0.05) is 13.8 Å². The number of carbonyl (C=O) groups excluding carboxylic acids is 1. The van der Waals surface area contributed by atoms with Gasteiger partial charge in [-0.25, -0.2) is 0 Å². The molecule has 2 N–H and O–H groups in total. The van der Waals surface area contributed by atoms with Crippen LogP contribution in [0, 0.1) is 0 Å². The van der Waals surface area contributed by atoms with Crippen LogP contribution in [0.2, 0.25) is 0 Å². The molecule has 0 unspecified atom stereocenters. The summed E-state index contributed by atoms with van der Waals surface area (Å²) >= 11 is 0. The number of aliphatic carboxylic acids is 1. The predicted octanol–water partition coefficient (Wildman–Crippen LogP) is 2.47. The number of hydrogen-bond acceptors (Lipinski definition) is 4. The van der Waals surface area contributed by atoms with Crippen molar-refractivity contribution in [3.63, 3.8) is 0 Å². The van der Waals surface area contributed by atoms with E-state index < -0.39 is 11.5 Å². The lowest BCUT2D eigenvalue weighted by Crippen LogP contribution is -2.49. The molecule has 1 amide bonds. The van der Waals surface area contributed by atoms with Gasteiger partial charge >= 0.3 is 5.97 Å². The number of amides is 1. The normalized spacial score (nSPS) is 10.9. The minimum absolute atomic E-state index is 0.121. The van der Waals surface area contributed by atoms with Gasteiger partial charge in [-0.2, -0.15) is 0 Å². The molecule has 0 saturated carbocycles. The molecule has 6 heteroatoms. The van der Waals surface area contributed by atoms with Crippen molar-refractivity contribution in [1.29, 1.82) is 0 Å². The molecule has 0 aromatic heterocycles. The highest BCUT2D eigenvalue weighted by molar-refractivity contribution is 5.97. The highest BCUT2D eigenvalue weighted by atomic mass is 16.5. The Morgan fingerprint density at radius 2 is 1.82 bits per heavy atom. The third-order valence-electron chi connectivity index (χ3n) is 3.88. The van der Waals surface area contributed by atoms with E-state index in [1.54, 1.807) is 18.2 Å². The number of ether oxygens (including phenoxy) is 2. The Labute approximate surface area is 130 Å². The SMILES string of the molecule is CCC(CC)(CC(=O)O)NC(=O)c1ccc(OC)cc1OC. The zero-order chi connectivity index (χ0) is 16.8. The second-order valence-corrected chi connectivity index (χ2v) is 5.08. The van der Waals surface area contributed by atoms with Crippen LogP contribution in [0.5, 0.6) is 11.5 Å². The molecule has 0 fully saturated rings. The summed E-state index contributed by atoms with van der Waals surface area (Å²) in [5.41, 5.74) is -0.423. The zero-order valence-corrected chi connectivity index (χ0v) is 13.4. The van der Waals surface area contributed by atoms with Gasteiger partial charge in [-0.05, 0) is 25.0 Å². The van der Waals surface area contributed by atoms with Crippen LogP contribution in [-0.4, -0.2) is 36.7 Å². The first-order chi connectivity index (χ1) is 10.4. The van der Waals surface area contributed by atoms with Gasteiger partial charge in [0.15, 0.2) is 0 Å². The molecule has 0 bridgehead atoms. The molecule has 1 aromatic carbocycles. The van der Waals surface area contributed by atoms with E-state index in [0.29, 0.717) is 29.9 Å². The van der Waals surface area contributed by atoms with Crippen LogP contribution < -0.4 is 14.8 Å². The predicted molar refractivity (Wildman–Crippen MR) is 82.6 cm³/mol. The van der Waals surface area contributed by atoms with Crippen molar-refractivity contribution in [3.05, 3.63) is 23.8 Å². The summed E-state index contributed by atoms with van der Waals surface area (Å²) in [4.78, 5) is 23.6. The topological polar surface area (TPSA) is 84.9 Å².